The zero-order valence-corrected chi connectivity index (χ0v) is 14.7. The molecule has 2 nitrogen and oxygen atoms in total. The van der Waals surface area contributed by atoms with Crippen LogP contribution in [0.2, 0.25) is 0 Å². The lowest BCUT2D eigenvalue weighted by molar-refractivity contribution is 0.865. The average molecular weight is 306 g/mol. The van der Waals surface area contributed by atoms with Gasteiger partial charge >= 0.3 is 0 Å². The summed E-state index contributed by atoms with van der Waals surface area (Å²) in [6.07, 6.45) is 3.85. The molecular weight excluding hydrogens is 280 g/mol. The second-order valence-corrected chi connectivity index (χ2v) is 6.18. The van der Waals surface area contributed by atoms with Crippen molar-refractivity contribution >= 4 is 17.6 Å². The number of benzene rings is 2. The van der Waals surface area contributed by atoms with Crippen molar-refractivity contribution in [1.82, 2.24) is 0 Å². The van der Waals surface area contributed by atoms with Gasteiger partial charge in [0.2, 0.25) is 0 Å². The second kappa shape index (κ2) is 7.77. The first kappa shape index (κ1) is 17.0. The third-order valence-corrected chi connectivity index (χ3v) is 3.87. The molecule has 2 rings (SSSR count). The fraction of sp³-hybridized carbons (Fsp3) is 0.286. The van der Waals surface area contributed by atoms with Gasteiger partial charge < -0.3 is 5.32 Å². The maximum Gasteiger partial charge on any atom is 0.0473 e. The zero-order chi connectivity index (χ0) is 16.8. The molecule has 0 aliphatic rings. The van der Waals surface area contributed by atoms with E-state index in [4.69, 9.17) is 0 Å². The van der Waals surface area contributed by atoms with E-state index in [0.717, 1.165) is 11.3 Å². The van der Waals surface area contributed by atoms with Crippen LogP contribution < -0.4 is 5.32 Å². The van der Waals surface area contributed by atoms with Gasteiger partial charge in [0.25, 0.3) is 0 Å². The summed E-state index contributed by atoms with van der Waals surface area (Å²) in [5.74, 6) is 0.466. The molecule has 0 aliphatic carbocycles. The third-order valence-electron chi connectivity index (χ3n) is 3.87. The van der Waals surface area contributed by atoms with Gasteiger partial charge in [-0.05, 0) is 42.5 Å². The van der Waals surface area contributed by atoms with Gasteiger partial charge in [-0.1, -0.05) is 61.9 Å². The molecule has 0 unspecified atom stereocenters. The Kier molecular flexibility index (Phi) is 5.75. The quantitative estimate of drug-likeness (QED) is 0.716. The lowest BCUT2D eigenvalue weighted by Gasteiger charge is -2.20. The van der Waals surface area contributed by atoms with Gasteiger partial charge in [0.1, 0.15) is 0 Å². The minimum absolute atomic E-state index is 0.466. The molecule has 120 valence electrons. The van der Waals surface area contributed by atoms with Crippen LogP contribution in [0.4, 0.5) is 5.69 Å². The van der Waals surface area contributed by atoms with Crippen molar-refractivity contribution in [3.63, 3.8) is 0 Å². The molecule has 0 radical (unpaired) electrons. The van der Waals surface area contributed by atoms with Crippen molar-refractivity contribution in [2.75, 3.05) is 12.4 Å². The van der Waals surface area contributed by atoms with Crippen LogP contribution in [-0.2, 0) is 0 Å². The van der Waals surface area contributed by atoms with Gasteiger partial charge in [0.05, 0.1) is 0 Å². The van der Waals surface area contributed by atoms with Gasteiger partial charge in [-0.3, -0.25) is 4.99 Å². The first-order valence-corrected chi connectivity index (χ1v) is 8.09. The van der Waals surface area contributed by atoms with Gasteiger partial charge in [-0.25, -0.2) is 0 Å². The molecule has 0 bridgehead atoms. The number of aliphatic imine (C=N–C) groups is 1. The van der Waals surface area contributed by atoms with Gasteiger partial charge in [0.15, 0.2) is 0 Å². The van der Waals surface area contributed by atoms with Crippen molar-refractivity contribution in [3.05, 3.63) is 70.8 Å². The summed E-state index contributed by atoms with van der Waals surface area (Å²) in [6.45, 7) is 8.79. The van der Waals surface area contributed by atoms with E-state index in [2.05, 4.69) is 74.4 Å². The van der Waals surface area contributed by atoms with Crippen LogP contribution in [0.15, 0.2) is 53.5 Å². The van der Waals surface area contributed by atoms with Crippen LogP contribution in [0.1, 0.15) is 42.0 Å². The van der Waals surface area contributed by atoms with Crippen LogP contribution in [-0.4, -0.2) is 13.3 Å². The first-order chi connectivity index (χ1) is 11.0. The van der Waals surface area contributed by atoms with Crippen molar-refractivity contribution in [1.29, 1.82) is 0 Å². The molecule has 0 spiro atoms. The highest BCUT2D eigenvalue weighted by Gasteiger charge is 2.12. The molecule has 1 N–H and O–H groups in total. The molecular formula is C21H26N2. The predicted molar refractivity (Wildman–Crippen MR) is 102 cm³/mol. The number of nitrogens with zero attached hydrogens (tertiary/aromatic N) is 1. The average Bonchev–Trinajstić information content (AvgIpc) is 2.53. The van der Waals surface area contributed by atoms with Crippen LogP contribution in [0.3, 0.4) is 0 Å². The Balaban J connectivity index is 2.49. The molecule has 0 aromatic heterocycles. The number of aryl methyl sites for hydroxylation is 2. The summed E-state index contributed by atoms with van der Waals surface area (Å²) in [5, 5.41) is 3.65. The molecule has 0 atom stereocenters. The largest absolute Gasteiger partial charge is 0.355 e. The first-order valence-electron chi connectivity index (χ1n) is 8.09. The minimum Gasteiger partial charge on any atom is -0.355 e. The van der Waals surface area contributed by atoms with E-state index >= 15 is 0 Å². The lowest BCUT2D eigenvalue weighted by Crippen LogP contribution is -2.06. The number of rotatable bonds is 5. The number of hydrogen-bond donors (Lipinski definition) is 1. The van der Waals surface area contributed by atoms with Crippen molar-refractivity contribution < 1.29 is 0 Å². The van der Waals surface area contributed by atoms with E-state index in [1.807, 2.05) is 18.4 Å². The molecule has 0 saturated carbocycles. The summed E-state index contributed by atoms with van der Waals surface area (Å²) in [4.78, 5) is 4.10. The Hall–Kier alpha value is -2.35. The highest BCUT2D eigenvalue weighted by molar-refractivity contribution is 5.90. The summed E-state index contributed by atoms with van der Waals surface area (Å²) in [5.41, 5.74) is 7.33. The van der Waals surface area contributed by atoms with Crippen molar-refractivity contribution in [2.45, 2.75) is 33.6 Å². The SMILES string of the molecule is CN=C/C=C(\Nc1c(C)cc(C)cc1C(C)C)c1ccccc1. The van der Waals surface area contributed by atoms with Gasteiger partial charge in [0, 0.05) is 24.6 Å². The van der Waals surface area contributed by atoms with Crippen LogP contribution in [0, 0.1) is 13.8 Å². The number of nitrogens with one attached hydrogen (secondary N) is 1. The summed E-state index contributed by atoms with van der Waals surface area (Å²) in [7, 11) is 1.79. The molecule has 2 aromatic rings. The van der Waals surface area contributed by atoms with Crippen LogP contribution in [0.25, 0.3) is 5.70 Å². The number of hydrogen-bond acceptors (Lipinski definition) is 2. The highest BCUT2D eigenvalue weighted by atomic mass is 14.9. The summed E-state index contributed by atoms with van der Waals surface area (Å²) in [6, 6.07) is 14.9. The topological polar surface area (TPSA) is 24.4 Å². The number of allylic oxidation sites excluding steroid dienone is 1. The molecule has 0 saturated heterocycles. The van der Waals surface area contributed by atoms with E-state index in [-0.39, 0.29) is 0 Å². The van der Waals surface area contributed by atoms with Gasteiger partial charge in [-0.15, -0.1) is 0 Å². The summed E-state index contributed by atoms with van der Waals surface area (Å²) >= 11 is 0. The van der Waals surface area contributed by atoms with Crippen LogP contribution >= 0.6 is 0 Å². The van der Waals surface area contributed by atoms with E-state index in [9.17, 15) is 0 Å². The number of anilines is 1. The standard InChI is InChI=1S/C21H26N2/c1-15(2)19-14-16(3)13-17(4)21(19)23-20(11-12-22-5)18-9-7-6-8-10-18/h6-15,23H,1-5H3/b20-11-,22-12?. The fourth-order valence-electron chi connectivity index (χ4n) is 2.74. The predicted octanol–water partition coefficient (Wildman–Crippen LogP) is 5.58. The molecule has 0 aliphatic heterocycles. The fourth-order valence-corrected chi connectivity index (χ4v) is 2.74. The zero-order valence-electron chi connectivity index (χ0n) is 14.7. The van der Waals surface area contributed by atoms with E-state index in [1.165, 1.54) is 22.4 Å². The Morgan fingerprint density at radius 3 is 2.39 bits per heavy atom. The Bertz CT molecular complexity index is 710. The molecule has 2 aromatic carbocycles. The highest BCUT2D eigenvalue weighted by Crippen LogP contribution is 2.31. The van der Waals surface area contributed by atoms with Crippen molar-refractivity contribution in [2.24, 2.45) is 4.99 Å². The summed E-state index contributed by atoms with van der Waals surface area (Å²) < 4.78 is 0. The molecule has 0 amide bonds. The minimum atomic E-state index is 0.466. The maximum absolute atomic E-state index is 4.10. The van der Waals surface area contributed by atoms with Crippen LogP contribution in [0.5, 0.6) is 0 Å². The molecule has 2 heteroatoms. The van der Waals surface area contributed by atoms with E-state index < -0.39 is 0 Å². The van der Waals surface area contributed by atoms with Crippen molar-refractivity contribution in [3.8, 4) is 0 Å². The monoisotopic (exact) mass is 306 g/mol. The Labute approximate surface area is 140 Å². The smallest absolute Gasteiger partial charge is 0.0473 e. The molecule has 0 fully saturated rings. The lowest BCUT2D eigenvalue weighted by atomic mass is 9.95. The van der Waals surface area contributed by atoms with E-state index in [0.29, 0.717) is 5.92 Å². The van der Waals surface area contributed by atoms with E-state index in [1.54, 1.807) is 7.05 Å². The molecule has 0 heterocycles. The normalized spacial score (nSPS) is 12.2. The van der Waals surface area contributed by atoms with Gasteiger partial charge in [-0.2, -0.15) is 0 Å². The molecule has 23 heavy (non-hydrogen) atoms. The Morgan fingerprint density at radius 1 is 1.09 bits per heavy atom. The third kappa shape index (κ3) is 4.32. The Morgan fingerprint density at radius 2 is 1.78 bits per heavy atom. The second-order valence-electron chi connectivity index (χ2n) is 6.18. The maximum atomic E-state index is 4.10.